The number of benzene rings is 2. The Morgan fingerprint density at radius 2 is 1.74 bits per heavy atom. The van der Waals surface area contributed by atoms with Crippen LogP contribution in [0.5, 0.6) is 0 Å². The number of carbonyl (C=O) groups excluding carboxylic acids is 1. The maximum Gasteiger partial charge on any atom is 0.321 e. The summed E-state index contributed by atoms with van der Waals surface area (Å²) in [6.07, 6.45) is 0.806. The Balaban J connectivity index is 1.66. The number of carbonyl (C=O) groups is 1. The lowest BCUT2D eigenvalue weighted by atomic mass is 10.1. The summed E-state index contributed by atoms with van der Waals surface area (Å²) in [6.45, 7) is 5.36. The zero-order valence-corrected chi connectivity index (χ0v) is 15.4. The predicted molar refractivity (Wildman–Crippen MR) is 99.7 cm³/mol. The van der Waals surface area contributed by atoms with Crippen molar-refractivity contribution >= 4 is 17.4 Å². The van der Waals surface area contributed by atoms with E-state index in [0.29, 0.717) is 26.2 Å². The van der Waals surface area contributed by atoms with Crippen molar-refractivity contribution in [1.82, 2.24) is 4.90 Å². The minimum absolute atomic E-state index is 0.0149. The molecule has 0 unspecified atom stereocenters. The lowest BCUT2D eigenvalue weighted by Crippen LogP contribution is -2.50. The van der Waals surface area contributed by atoms with Gasteiger partial charge in [0.15, 0.2) is 17.5 Å². The number of halogens is 3. The molecule has 3 rings (SSSR count). The summed E-state index contributed by atoms with van der Waals surface area (Å²) >= 11 is 0. The third-order valence-corrected chi connectivity index (χ3v) is 4.89. The Morgan fingerprint density at radius 3 is 2.41 bits per heavy atom. The number of urea groups is 1. The number of piperazine rings is 1. The molecule has 1 N–H and O–H groups in total. The van der Waals surface area contributed by atoms with Crippen LogP contribution in [0.1, 0.15) is 18.1 Å². The van der Waals surface area contributed by atoms with Gasteiger partial charge in [0.2, 0.25) is 0 Å². The van der Waals surface area contributed by atoms with Crippen LogP contribution in [-0.2, 0) is 6.42 Å². The molecule has 0 bridgehead atoms. The van der Waals surface area contributed by atoms with E-state index in [1.54, 1.807) is 9.80 Å². The Kier molecular flexibility index (Phi) is 5.58. The van der Waals surface area contributed by atoms with Crippen LogP contribution in [0.4, 0.5) is 29.3 Å². The number of amides is 2. The van der Waals surface area contributed by atoms with Gasteiger partial charge in [-0.25, -0.2) is 18.0 Å². The number of hydrogen-bond acceptors (Lipinski definition) is 2. The van der Waals surface area contributed by atoms with Gasteiger partial charge >= 0.3 is 6.03 Å². The highest BCUT2D eigenvalue weighted by Gasteiger charge is 2.25. The molecule has 0 atom stereocenters. The summed E-state index contributed by atoms with van der Waals surface area (Å²) in [7, 11) is 0. The Morgan fingerprint density at radius 1 is 1.04 bits per heavy atom. The summed E-state index contributed by atoms with van der Waals surface area (Å²) in [5, 5.41) is 2.97. The zero-order chi connectivity index (χ0) is 19.6. The van der Waals surface area contributed by atoms with Gasteiger partial charge in [0.05, 0.1) is 5.69 Å². The molecule has 0 aliphatic carbocycles. The highest BCUT2D eigenvalue weighted by molar-refractivity contribution is 5.91. The molecule has 2 aromatic carbocycles. The first kappa shape index (κ1) is 19.1. The standard InChI is InChI=1S/C20H22F3N3O/c1-3-14-6-4-5-13(2)19(14)24-20(27)26-11-9-25(10-12-26)16-8-7-15(21)17(22)18(16)23/h4-8H,3,9-12H2,1-2H3,(H,24,27). The van der Waals surface area contributed by atoms with E-state index >= 15 is 0 Å². The van der Waals surface area contributed by atoms with Crippen molar-refractivity contribution in [1.29, 1.82) is 0 Å². The average Bonchev–Trinajstić information content (AvgIpc) is 2.68. The second-order valence-corrected chi connectivity index (χ2v) is 6.56. The molecule has 2 aromatic rings. The van der Waals surface area contributed by atoms with Crippen LogP contribution in [0.25, 0.3) is 0 Å². The minimum Gasteiger partial charge on any atom is -0.366 e. The fourth-order valence-corrected chi connectivity index (χ4v) is 3.30. The van der Waals surface area contributed by atoms with E-state index in [-0.39, 0.29) is 11.7 Å². The monoisotopic (exact) mass is 377 g/mol. The number of para-hydroxylation sites is 1. The van der Waals surface area contributed by atoms with Crippen molar-refractivity contribution in [2.75, 3.05) is 36.4 Å². The van der Waals surface area contributed by atoms with Crippen LogP contribution >= 0.6 is 0 Å². The number of rotatable bonds is 3. The Bertz CT molecular complexity index is 849. The molecule has 1 aliphatic heterocycles. The fraction of sp³-hybridized carbons (Fsp3) is 0.350. The van der Waals surface area contributed by atoms with E-state index in [1.165, 1.54) is 6.07 Å². The molecule has 1 aliphatic rings. The summed E-state index contributed by atoms with van der Waals surface area (Å²) in [5.41, 5.74) is 2.89. The summed E-state index contributed by atoms with van der Waals surface area (Å²) in [6, 6.07) is 7.80. The normalized spacial score (nSPS) is 14.4. The zero-order valence-electron chi connectivity index (χ0n) is 15.4. The van der Waals surface area contributed by atoms with Crippen LogP contribution in [0.3, 0.4) is 0 Å². The van der Waals surface area contributed by atoms with Crippen molar-refractivity contribution in [3.8, 4) is 0 Å². The largest absolute Gasteiger partial charge is 0.366 e. The molecule has 1 fully saturated rings. The molecule has 0 radical (unpaired) electrons. The molecule has 1 saturated heterocycles. The smallest absolute Gasteiger partial charge is 0.321 e. The van der Waals surface area contributed by atoms with Gasteiger partial charge in [-0.15, -0.1) is 0 Å². The van der Waals surface area contributed by atoms with Gasteiger partial charge in [0.25, 0.3) is 0 Å². The quantitative estimate of drug-likeness (QED) is 0.809. The molecule has 1 heterocycles. The van der Waals surface area contributed by atoms with Gasteiger partial charge < -0.3 is 15.1 Å². The van der Waals surface area contributed by atoms with Crippen LogP contribution in [0, 0.1) is 24.4 Å². The van der Waals surface area contributed by atoms with Crippen LogP contribution < -0.4 is 10.2 Å². The number of anilines is 2. The highest BCUT2D eigenvalue weighted by atomic mass is 19.2. The Labute approximate surface area is 156 Å². The molecule has 4 nitrogen and oxygen atoms in total. The maximum atomic E-state index is 14.0. The van der Waals surface area contributed by atoms with Crippen molar-refractivity contribution in [3.63, 3.8) is 0 Å². The van der Waals surface area contributed by atoms with E-state index in [4.69, 9.17) is 0 Å². The highest BCUT2D eigenvalue weighted by Crippen LogP contribution is 2.25. The van der Waals surface area contributed by atoms with E-state index in [9.17, 15) is 18.0 Å². The van der Waals surface area contributed by atoms with E-state index in [0.717, 1.165) is 29.3 Å². The van der Waals surface area contributed by atoms with Gasteiger partial charge in [0.1, 0.15) is 0 Å². The van der Waals surface area contributed by atoms with Gasteiger partial charge in [-0.1, -0.05) is 25.1 Å². The van der Waals surface area contributed by atoms with Crippen molar-refractivity contribution in [3.05, 3.63) is 58.9 Å². The fourth-order valence-electron chi connectivity index (χ4n) is 3.30. The number of hydrogen-bond donors (Lipinski definition) is 1. The first-order chi connectivity index (χ1) is 12.9. The van der Waals surface area contributed by atoms with E-state index in [1.807, 2.05) is 32.0 Å². The first-order valence-electron chi connectivity index (χ1n) is 8.95. The molecule has 144 valence electrons. The second-order valence-electron chi connectivity index (χ2n) is 6.56. The van der Waals surface area contributed by atoms with Gasteiger partial charge in [-0.05, 0) is 36.6 Å². The molecule has 27 heavy (non-hydrogen) atoms. The second kappa shape index (κ2) is 7.90. The first-order valence-corrected chi connectivity index (χ1v) is 8.95. The summed E-state index contributed by atoms with van der Waals surface area (Å²) in [5.74, 6) is -3.88. The number of nitrogens with zero attached hydrogens (tertiary/aromatic N) is 2. The van der Waals surface area contributed by atoms with Gasteiger partial charge in [-0.3, -0.25) is 0 Å². The maximum absolute atomic E-state index is 14.0. The summed E-state index contributed by atoms with van der Waals surface area (Å²) < 4.78 is 40.5. The van der Waals surface area contributed by atoms with Crippen LogP contribution in [0.15, 0.2) is 30.3 Å². The van der Waals surface area contributed by atoms with Crippen molar-refractivity contribution in [2.45, 2.75) is 20.3 Å². The molecule has 7 heteroatoms. The lowest BCUT2D eigenvalue weighted by Gasteiger charge is -2.36. The molecular weight excluding hydrogens is 355 g/mol. The summed E-state index contributed by atoms with van der Waals surface area (Å²) in [4.78, 5) is 15.9. The van der Waals surface area contributed by atoms with Crippen LogP contribution in [0.2, 0.25) is 0 Å². The van der Waals surface area contributed by atoms with Crippen molar-refractivity contribution < 1.29 is 18.0 Å². The predicted octanol–water partition coefficient (Wildman–Crippen LogP) is 4.33. The van der Waals surface area contributed by atoms with Gasteiger partial charge in [-0.2, -0.15) is 0 Å². The van der Waals surface area contributed by atoms with E-state index in [2.05, 4.69) is 5.32 Å². The number of nitrogens with one attached hydrogen (secondary N) is 1. The topological polar surface area (TPSA) is 35.6 Å². The minimum atomic E-state index is -1.47. The molecule has 0 aromatic heterocycles. The van der Waals surface area contributed by atoms with Crippen LogP contribution in [-0.4, -0.2) is 37.1 Å². The van der Waals surface area contributed by atoms with E-state index < -0.39 is 17.5 Å². The molecule has 0 saturated carbocycles. The SMILES string of the molecule is CCc1cccc(C)c1NC(=O)N1CCN(c2ccc(F)c(F)c2F)CC1. The number of aryl methyl sites for hydroxylation is 2. The lowest BCUT2D eigenvalue weighted by molar-refractivity contribution is 0.208. The third kappa shape index (κ3) is 3.86. The van der Waals surface area contributed by atoms with Crippen molar-refractivity contribution in [2.24, 2.45) is 0 Å². The third-order valence-electron chi connectivity index (χ3n) is 4.89. The molecule has 2 amide bonds. The molecule has 0 spiro atoms. The Hall–Kier alpha value is -2.70. The average molecular weight is 377 g/mol. The van der Waals surface area contributed by atoms with Gasteiger partial charge in [0, 0.05) is 31.9 Å². The molecular formula is C20H22F3N3O.